The van der Waals surface area contributed by atoms with Gasteiger partial charge >= 0.3 is 0 Å². The molecule has 1 atom stereocenters. The second-order valence-corrected chi connectivity index (χ2v) is 8.04. The number of hydrogen-bond donors (Lipinski definition) is 1. The van der Waals surface area contributed by atoms with Crippen molar-refractivity contribution in [2.24, 2.45) is 0 Å². The van der Waals surface area contributed by atoms with E-state index >= 15 is 0 Å². The highest BCUT2D eigenvalue weighted by atomic mass is 32.2. The average molecular weight is 407 g/mol. The van der Waals surface area contributed by atoms with E-state index in [4.69, 9.17) is 0 Å². The van der Waals surface area contributed by atoms with Crippen LogP contribution < -0.4 is 5.32 Å². The fourth-order valence-corrected chi connectivity index (χ4v) is 3.94. The molecule has 1 amide bonds. The number of carbonyl (C=O) groups excluding carboxylic acids is 1. The van der Waals surface area contributed by atoms with Crippen molar-refractivity contribution in [2.45, 2.75) is 23.0 Å². The number of rotatable bonds is 8. The van der Waals surface area contributed by atoms with Gasteiger partial charge in [-0.1, -0.05) is 60.7 Å². The molecule has 0 radical (unpaired) electrons. The van der Waals surface area contributed by atoms with Crippen LogP contribution in [0.1, 0.15) is 24.0 Å². The minimum Gasteiger partial charge on any atom is -0.354 e. The molecular formula is C23H22N2O3S. The van der Waals surface area contributed by atoms with E-state index in [9.17, 15) is 14.9 Å². The van der Waals surface area contributed by atoms with Crippen LogP contribution in [-0.2, 0) is 4.79 Å². The molecule has 3 aromatic rings. The van der Waals surface area contributed by atoms with Gasteiger partial charge in [0.1, 0.15) is 0 Å². The molecule has 0 aliphatic heterocycles. The van der Waals surface area contributed by atoms with Crippen molar-refractivity contribution in [1.82, 2.24) is 5.32 Å². The monoisotopic (exact) mass is 406 g/mol. The van der Waals surface area contributed by atoms with E-state index in [1.54, 1.807) is 12.1 Å². The van der Waals surface area contributed by atoms with Crippen molar-refractivity contribution in [3.63, 3.8) is 0 Å². The highest BCUT2D eigenvalue weighted by Gasteiger charge is 2.19. The highest BCUT2D eigenvalue weighted by Crippen LogP contribution is 2.27. The fraction of sp³-hybridized carbons (Fsp3) is 0.174. The first kappa shape index (κ1) is 20.6. The van der Waals surface area contributed by atoms with Gasteiger partial charge in [-0.3, -0.25) is 14.9 Å². The summed E-state index contributed by atoms with van der Waals surface area (Å²) in [4.78, 5) is 23.8. The lowest BCUT2D eigenvalue weighted by molar-refractivity contribution is -0.384. The fourth-order valence-electron chi connectivity index (χ4n) is 3.05. The first-order chi connectivity index (χ1) is 14.0. The van der Waals surface area contributed by atoms with Gasteiger partial charge in [0, 0.05) is 29.5 Å². The van der Waals surface area contributed by atoms with Gasteiger partial charge in [0.2, 0.25) is 5.91 Å². The Morgan fingerprint density at radius 3 is 1.93 bits per heavy atom. The van der Waals surface area contributed by atoms with E-state index in [-0.39, 0.29) is 22.8 Å². The molecule has 148 valence electrons. The van der Waals surface area contributed by atoms with Crippen LogP contribution in [0.2, 0.25) is 0 Å². The Kier molecular flexibility index (Phi) is 7.03. The van der Waals surface area contributed by atoms with Gasteiger partial charge in [0.05, 0.1) is 10.2 Å². The lowest BCUT2D eigenvalue weighted by Crippen LogP contribution is -2.34. The standard InChI is InChI=1S/C23H22N2O3S/c1-17(29-21-14-12-20(13-15-21)25(27)28)23(26)24-16-22(18-8-4-2-5-9-18)19-10-6-3-7-11-19/h2-15,17,22H,16H2,1H3,(H,24,26). The molecule has 0 aliphatic rings. The first-order valence-corrected chi connectivity index (χ1v) is 10.2. The van der Waals surface area contributed by atoms with Gasteiger partial charge in [0.15, 0.2) is 0 Å². The van der Waals surface area contributed by atoms with E-state index in [1.165, 1.54) is 23.9 Å². The molecule has 3 aromatic carbocycles. The molecule has 1 unspecified atom stereocenters. The van der Waals surface area contributed by atoms with Crippen molar-refractivity contribution < 1.29 is 9.72 Å². The summed E-state index contributed by atoms with van der Waals surface area (Å²) in [7, 11) is 0. The minimum atomic E-state index is -0.433. The summed E-state index contributed by atoms with van der Waals surface area (Å²) < 4.78 is 0. The van der Waals surface area contributed by atoms with Crippen molar-refractivity contribution >= 4 is 23.4 Å². The summed E-state index contributed by atoms with van der Waals surface area (Å²) in [6, 6.07) is 26.5. The molecule has 0 heterocycles. The molecule has 1 N–H and O–H groups in total. The molecule has 0 saturated heterocycles. The van der Waals surface area contributed by atoms with E-state index < -0.39 is 4.92 Å². The zero-order valence-corrected chi connectivity index (χ0v) is 16.8. The Labute approximate surface area is 174 Å². The topological polar surface area (TPSA) is 72.2 Å². The second-order valence-electron chi connectivity index (χ2n) is 6.63. The van der Waals surface area contributed by atoms with Crippen LogP contribution in [0.5, 0.6) is 0 Å². The zero-order chi connectivity index (χ0) is 20.6. The molecule has 0 bridgehead atoms. The summed E-state index contributed by atoms with van der Waals surface area (Å²) >= 11 is 1.38. The smallest absolute Gasteiger partial charge is 0.269 e. The Morgan fingerprint density at radius 2 is 1.45 bits per heavy atom. The first-order valence-electron chi connectivity index (χ1n) is 9.33. The van der Waals surface area contributed by atoms with Crippen LogP contribution in [0.4, 0.5) is 5.69 Å². The Bertz CT molecular complexity index is 907. The maximum absolute atomic E-state index is 12.6. The van der Waals surface area contributed by atoms with Gasteiger partial charge in [-0.05, 0) is 30.2 Å². The molecule has 29 heavy (non-hydrogen) atoms. The Hall–Kier alpha value is -3.12. The molecule has 0 aliphatic carbocycles. The van der Waals surface area contributed by atoms with Crippen LogP contribution in [0.15, 0.2) is 89.8 Å². The van der Waals surface area contributed by atoms with E-state index in [0.717, 1.165) is 16.0 Å². The number of carbonyl (C=O) groups is 1. The summed E-state index contributed by atoms with van der Waals surface area (Å²) in [5.74, 6) is 0.00291. The highest BCUT2D eigenvalue weighted by molar-refractivity contribution is 8.00. The maximum Gasteiger partial charge on any atom is 0.269 e. The quantitative estimate of drug-likeness (QED) is 0.324. The molecule has 5 nitrogen and oxygen atoms in total. The third-order valence-corrected chi connectivity index (χ3v) is 5.73. The zero-order valence-electron chi connectivity index (χ0n) is 16.0. The number of thioether (sulfide) groups is 1. The molecule has 3 rings (SSSR count). The van der Waals surface area contributed by atoms with Gasteiger partial charge in [-0.25, -0.2) is 0 Å². The molecule has 0 fully saturated rings. The number of hydrogen-bond acceptors (Lipinski definition) is 4. The van der Waals surface area contributed by atoms with E-state index in [1.807, 2.05) is 43.3 Å². The number of benzene rings is 3. The predicted octanol–water partition coefficient (Wildman–Crippen LogP) is 5.02. The maximum atomic E-state index is 12.6. The summed E-state index contributed by atoms with van der Waals surface area (Å²) in [6.45, 7) is 2.33. The summed E-state index contributed by atoms with van der Waals surface area (Å²) in [5, 5.41) is 13.5. The molecule has 0 spiro atoms. The summed E-state index contributed by atoms with van der Waals surface area (Å²) in [5.41, 5.74) is 2.34. The normalized spacial score (nSPS) is 11.8. The lowest BCUT2D eigenvalue weighted by atomic mass is 9.91. The van der Waals surface area contributed by atoms with Crippen molar-refractivity contribution in [1.29, 1.82) is 0 Å². The van der Waals surface area contributed by atoms with Crippen molar-refractivity contribution in [2.75, 3.05) is 6.54 Å². The van der Waals surface area contributed by atoms with Crippen LogP contribution in [-0.4, -0.2) is 22.6 Å². The third kappa shape index (κ3) is 5.68. The largest absolute Gasteiger partial charge is 0.354 e. The number of amides is 1. The lowest BCUT2D eigenvalue weighted by Gasteiger charge is -2.20. The molecule has 6 heteroatoms. The van der Waals surface area contributed by atoms with Crippen LogP contribution in [0, 0.1) is 10.1 Å². The van der Waals surface area contributed by atoms with Crippen molar-refractivity contribution in [3.8, 4) is 0 Å². The Balaban J connectivity index is 1.64. The van der Waals surface area contributed by atoms with Gasteiger partial charge in [-0.15, -0.1) is 11.8 Å². The second kappa shape index (κ2) is 9.89. The van der Waals surface area contributed by atoms with Crippen molar-refractivity contribution in [3.05, 3.63) is 106 Å². The number of non-ortho nitro benzene ring substituents is 1. The van der Waals surface area contributed by atoms with Crippen LogP contribution in [0.3, 0.4) is 0 Å². The van der Waals surface area contributed by atoms with Crippen LogP contribution >= 0.6 is 11.8 Å². The number of nitrogens with zero attached hydrogens (tertiary/aromatic N) is 1. The average Bonchev–Trinajstić information content (AvgIpc) is 2.75. The Morgan fingerprint density at radius 1 is 0.931 bits per heavy atom. The van der Waals surface area contributed by atoms with E-state index in [2.05, 4.69) is 29.6 Å². The number of nitrogens with one attached hydrogen (secondary N) is 1. The molecule has 0 saturated carbocycles. The van der Waals surface area contributed by atoms with Gasteiger partial charge in [-0.2, -0.15) is 0 Å². The number of nitro benzene ring substituents is 1. The van der Waals surface area contributed by atoms with Gasteiger partial charge in [0.25, 0.3) is 5.69 Å². The summed E-state index contributed by atoms with van der Waals surface area (Å²) in [6.07, 6.45) is 0. The third-order valence-electron chi connectivity index (χ3n) is 4.61. The molecular weight excluding hydrogens is 384 g/mol. The van der Waals surface area contributed by atoms with E-state index in [0.29, 0.717) is 6.54 Å². The van der Waals surface area contributed by atoms with Crippen LogP contribution in [0.25, 0.3) is 0 Å². The number of nitro groups is 1. The SMILES string of the molecule is CC(Sc1ccc([N+](=O)[O-])cc1)C(=O)NCC(c1ccccc1)c1ccccc1. The van der Waals surface area contributed by atoms with Gasteiger partial charge < -0.3 is 5.32 Å². The minimum absolute atomic E-state index is 0.0417. The predicted molar refractivity (Wildman–Crippen MR) is 116 cm³/mol. The molecule has 0 aromatic heterocycles.